The minimum atomic E-state index is -3.23. The van der Waals surface area contributed by atoms with Crippen LogP contribution in [0.3, 0.4) is 0 Å². The zero-order valence-corrected chi connectivity index (χ0v) is 13.2. The van der Waals surface area contributed by atoms with Gasteiger partial charge < -0.3 is 4.74 Å². The van der Waals surface area contributed by atoms with Crippen LogP contribution in [0.2, 0.25) is 0 Å². The van der Waals surface area contributed by atoms with E-state index >= 15 is 0 Å². The summed E-state index contributed by atoms with van der Waals surface area (Å²) in [5.41, 5.74) is 2.42. The van der Waals surface area contributed by atoms with Crippen molar-refractivity contribution in [2.75, 3.05) is 27.3 Å². The van der Waals surface area contributed by atoms with Crippen LogP contribution in [-0.4, -0.2) is 45.3 Å². The highest BCUT2D eigenvalue weighted by Crippen LogP contribution is 2.27. The van der Waals surface area contributed by atoms with Gasteiger partial charge in [-0.05, 0) is 30.9 Å². The van der Waals surface area contributed by atoms with E-state index in [1.165, 1.54) is 15.4 Å². The van der Waals surface area contributed by atoms with Gasteiger partial charge in [0.05, 0.1) is 11.9 Å². The summed E-state index contributed by atoms with van der Waals surface area (Å²) in [4.78, 5) is 0. The average molecular weight is 297 g/mol. The molecule has 4 nitrogen and oxygen atoms in total. The van der Waals surface area contributed by atoms with Gasteiger partial charge in [-0.3, -0.25) is 0 Å². The van der Waals surface area contributed by atoms with Crippen molar-refractivity contribution in [3.8, 4) is 0 Å². The first-order valence-corrected chi connectivity index (χ1v) is 8.47. The normalized spacial score (nSPS) is 24.0. The van der Waals surface area contributed by atoms with Crippen LogP contribution in [0.15, 0.2) is 24.3 Å². The summed E-state index contributed by atoms with van der Waals surface area (Å²) in [7, 11) is -0.0152. The second-order valence-electron chi connectivity index (χ2n) is 5.62. The highest BCUT2D eigenvalue weighted by molar-refractivity contribution is 7.89. The Kier molecular flexibility index (Phi) is 4.83. The first-order chi connectivity index (χ1) is 9.43. The Morgan fingerprint density at radius 3 is 2.65 bits per heavy atom. The van der Waals surface area contributed by atoms with Gasteiger partial charge in [-0.15, -0.1) is 0 Å². The molecule has 0 amide bonds. The molecule has 0 bridgehead atoms. The molecule has 0 N–H and O–H groups in total. The van der Waals surface area contributed by atoms with Gasteiger partial charge in [0.1, 0.15) is 0 Å². The molecule has 20 heavy (non-hydrogen) atoms. The van der Waals surface area contributed by atoms with Crippen molar-refractivity contribution in [2.24, 2.45) is 5.92 Å². The van der Waals surface area contributed by atoms with Gasteiger partial charge in [0.25, 0.3) is 0 Å². The Hall–Kier alpha value is -0.910. The highest BCUT2D eigenvalue weighted by Gasteiger charge is 2.37. The van der Waals surface area contributed by atoms with E-state index < -0.39 is 10.0 Å². The number of nitrogens with zero attached hydrogens (tertiary/aromatic N) is 1. The zero-order chi connectivity index (χ0) is 14.8. The number of rotatable bonds is 4. The summed E-state index contributed by atoms with van der Waals surface area (Å²) in [6, 6.07) is 8.14. The smallest absolute Gasteiger partial charge is 0.216 e. The Bertz CT molecular complexity index is 554. The van der Waals surface area contributed by atoms with Gasteiger partial charge in [-0.25, -0.2) is 12.7 Å². The fraction of sp³-hybridized carbons (Fsp3) is 0.600. The van der Waals surface area contributed by atoms with Crippen molar-refractivity contribution in [3.05, 3.63) is 35.4 Å². The number of ether oxygens (including phenoxy) is 1. The van der Waals surface area contributed by atoms with Gasteiger partial charge in [0, 0.05) is 26.6 Å². The predicted molar refractivity (Wildman–Crippen MR) is 80.2 cm³/mol. The number of aryl methyl sites for hydroxylation is 1. The van der Waals surface area contributed by atoms with Crippen molar-refractivity contribution >= 4 is 10.0 Å². The van der Waals surface area contributed by atoms with Crippen LogP contribution >= 0.6 is 0 Å². The quantitative estimate of drug-likeness (QED) is 0.852. The minimum Gasteiger partial charge on any atom is -0.381 e. The number of hydrogen-bond donors (Lipinski definition) is 0. The van der Waals surface area contributed by atoms with E-state index in [-0.39, 0.29) is 11.2 Å². The monoisotopic (exact) mass is 297 g/mol. The highest BCUT2D eigenvalue weighted by atomic mass is 32.2. The molecule has 2 unspecified atom stereocenters. The van der Waals surface area contributed by atoms with Crippen LogP contribution in [0, 0.1) is 12.8 Å². The molecule has 1 heterocycles. The largest absolute Gasteiger partial charge is 0.381 e. The molecule has 1 aromatic rings. The van der Waals surface area contributed by atoms with Crippen LogP contribution in [-0.2, 0) is 21.2 Å². The molecule has 0 radical (unpaired) electrons. The standard InChI is InChI=1S/C15H23NO3S/c1-12-6-4-5-7-13(12)10-14-11-19-9-8-15(14)20(17,18)16(2)3/h4-7,14-15H,8-11H2,1-3H3. The third-order valence-corrected chi connectivity index (χ3v) is 6.44. The molecule has 5 heteroatoms. The Balaban J connectivity index is 2.22. The van der Waals surface area contributed by atoms with Crippen molar-refractivity contribution in [1.82, 2.24) is 4.31 Å². The van der Waals surface area contributed by atoms with E-state index in [9.17, 15) is 8.42 Å². The van der Waals surface area contributed by atoms with E-state index in [4.69, 9.17) is 4.74 Å². The third-order valence-electron chi connectivity index (χ3n) is 4.04. The summed E-state index contributed by atoms with van der Waals surface area (Å²) in [6.45, 7) is 3.11. The third kappa shape index (κ3) is 3.22. The van der Waals surface area contributed by atoms with Crippen molar-refractivity contribution in [1.29, 1.82) is 0 Å². The molecule has 0 spiro atoms. The first kappa shape index (κ1) is 15.5. The molecule has 1 aliphatic heterocycles. The van der Waals surface area contributed by atoms with E-state index in [1.54, 1.807) is 14.1 Å². The van der Waals surface area contributed by atoms with Crippen molar-refractivity contribution < 1.29 is 13.2 Å². The summed E-state index contributed by atoms with van der Waals surface area (Å²) >= 11 is 0. The molecule has 0 aromatic heterocycles. The first-order valence-electron chi connectivity index (χ1n) is 6.96. The minimum absolute atomic E-state index is 0.0252. The number of sulfonamides is 1. The van der Waals surface area contributed by atoms with Gasteiger partial charge in [0.2, 0.25) is 10.0 Å². The van der Waals surface area contributed by atoms with E-state index in [2.05, 4.69) is 19.1 Å². The van der Waals surface area contributed by atoms with Gasteiger partial charge in [-0.2, -0.15) is 0 Å². The molecule has 1 fully saturated rings. The van der Waals surface area contributed by atoms with Gasteiger partial charge >= 0.3 is 0 Å². The van der Waals surface area contributed by atoms with Gasteiger partial charge in [-0.1, -0.05) is 24.3 Å². The summed E-state index contributed by atoms with van der Waals surface area (Å²) in [5, 5.41) is -0.342. The molecular weight excluding hydrogens is 274 g/mol. The second-order valence-corrected chi connectivity index (χ2v) is 7.99. The lowest BCUT2D eigenvalue weighted by Crippen LogP contribution is -2.44. The molecule has 0 saturated carbocycles. The fourth-order valence-corrected chi connectivity index (χ4v) is 4.35. The maximum absolute atomic E-state index is 12.4. The Labute approximate surface area is 121 Å². The molecule has 2 rings (SSSR count). The molecule has 0 aliphatic carbocycles. The maximum Gasteiger partial charge on any atom is 0.216 e. The Morgan fingerprint density at radius 1 is 1.30 bits per heavy atom. The SMILES string of the molecule is Cc1ccccc1CC1COCCC1S(=O)(=O)N(C)C. The molecule has 1 saturated heterocycles. The van der Waals surface area contributed by atoms with E-state index in [1.807, 2.05) is 12.1 Å². The van der Waals surface area contributed by atoms with E-state index in [0.29, 0.717) is 19.6 Å². The van der Waals surface area contributed by atoms with Crippen LogP contribution < -0.4 is 0 Å². The molecular formula is C15H23NO3S. The molecule has 2 atom stereocenters. The molecule has 112 valence electrons. The van der Waals surface area contributed by atoms with Crippen LogP contribution in [0.5, 0.6) is 0 Å². The predicted octanol–water partition coefficient (Wildman–Crippen LogP) is 1.83. The van der Waals surface area contributed by atoms with E-state index in [0.717, 1.165) is 6.42 Å². The van der Waals surface area contributed by atoms with Crippen LogP contribution in [0.4, 0.5) is 0 Å². The lowest BCUT2D eigenvalue weighted by atomic mass is 9.91. The topological polar surface area (TPSA) is 46.6 Å². The van der Waals surface area contributed by atoms with Crippen molar-refractivity contribution in [2.45, 2.75) is 25.0 Å². The average Bonchev–Trinajstić information content (AvgIpc) is 2.41. The summed E-state index contributed by atoms with van der Waals surface area (Å²) in [5.74, 6) is 0.0252. The maximum atomic E-state index is 12.4. The summed E-state index contributed by atoms with van der Waals surface area (Å²) in [6.07, 6.45) is 1.33. The fourth-order valence-electron chi connectivity index (χ4n) is 2.75. The van der Waals surface area contributed by atoms with Crippen molar-refractivity contribution in [3.63, 3.8) is 0 Å². The summed E-state index contributed by atoms with van der Waals surface area (Å²) < 4.78 is 31.7. The Morgan fingerprint density at radius 2 is 2.00 bits per heavy atom. The molecule has 1 aromatic carbocycles. The number of hydrogen-bond acceptors (Lipinski definition) is 3. The molecule has 1 aliphatic rings. The zero-order valence-electron chi connectivity index (χ0n) is 12.4. The number of benzene rings is 1. The van der Waals surface area contributed by atoms with Gasteiger partial charge in [0.15, 0.2) is 0 Å². The lowest BCUT2D eigenvalue weighted by Gasteiger charge is -2.33. The lowest BCUT2D eigenvalue weighted by molar-refractivity contribution is 0.0563. The van der Waals surface area contributed by atoms with Crippen LogP contribution in [0.1, 0.15) is 17.5 Å². The second kappa shape index (κ2) is 6.24. The van der Waals surface area contributed by atoms with Crippen LogP contribution in [0.25, 0.3) is 0 Å².